The first-order valence-electron chi connectivity index (χ1n) is 6.01. The zero-order valence-electron chi connectivity index (χ0n) is 10.3. The van der Waals surface area contributed by atoms with Crippen LogP contribution in [0.2, 0.25) is 0 Å². The molecule has 6 nitrogen and oxygen atoms in total. The summed E-state index contributed by atoms with van der Waals surface area (Å²) in [5.74, 6) is -0.0865. The number of rotatable bonds is 4. The fourth-order valence-electron chi connectivity index (χ4n) is 2.09. The van der Waals surface area contributed by atoms with E-state index in [1.807, 2.05) is 6.92 Å². The van der Waals surface area contributed by atoms with Crippen molar-refractivity contribution in [1.29, 1.82) is 0 Å². The molecule has 1 saturated heterocycles. The number of amides is 1. The molecule has 1 aromatic rings. The predicted molar refractivity (Wildman–Crippen MR) is 69.2 cm³/mol. The van der Waals surface area contributed by atoms with Crippen LogP contribution in [-0.4, -0.2) is 29.6 Å². The summed E-state index contributed by atoms with van der Waals surface area (Å²) < 4.78 is 5.58. The van der Waals surface area contributed by atoms with E-state index in [1.54, 1.807) is 0 Å². The first-order valence-corrected chi connectivity index (χ1v) is 6.01. The van der Waals surface area contributed by atoms with Gasteiger partial charge in [-0.05, 0) is 25.8 Å². The number of pyridine rings is 1. The van der Waals surface area contributed by atoms with Crippen molar-refractivity contribution in [3.05, 3.63) is 17.8 Å². The van der Waals surface area contributed by atoms with Gasteiger partial charge in [0.05, 0.1) is 29.6 Å². The summed E-state index contributed by atoms with van der Waals surface area (Å²) in [6, 6.07) is 1.60. The molecule has 0 radical (unpaired) electrons. The van der Waals surface area contributed by atoms with E-state index >= 15 is 0 Å². The zero-order chi connectivity index (χ0) is 13.1. The Morgan fingerprint density at radius 2 is 2.44 bits per heavy atom. The van der Waals surface area contributed by atoms with Gasteiger partial charge in [-0.25, -0.2) is 4.98 Å². The van der Waals surface area contributed by atoms with Crippen LogP contribution >= 0.6 is 0 Å². The molecule has 1 fully saturated rings. The highest BCUT2D eigenvalue weighted by atomic mass is 16.5. The lowest BCUT2D eigenvalue weighted by molar-refractivity contribution is 0.0983. The molecule has 0 bridgehead atoms. The highest BCUT2D eigenvalue weighted by Gasteiger charge is 2.23. The van der Waals surface area contributed by atoms with Gasteiger partial charge in [-0.3, -0.25) is 4.79 Å². The van der Waals surface area contributed by atoms with Gasteiger partial charge in [0.25, 0.3) is 5.91 Å². The lowest BCUT2D eigenvalue weighted by Crippen LogP contribution is -2.31. The van der Waals surface area contributed by atoms with Gasteiger partial charge in [-0.1, -0.05) is 0 Å². The summed E-state index contributed by atoms with van der Waals surface area (Å²) in [4.78, 5) is 15.5. The van der Waals surface area contributed by atoms with Crippen LogP contribution in [0.1, 0.15) is 30.1 Å². The minimum absolute atomic E-state index is 0.0710. The van der Waals surface area contributed by atoms with E-state index < -0.39 is 5.91 Å². The average Bonchev–Trinajstić information content (AvgIpc) is 2.84. The molecule has 5 N–H and O–H groups in total. The third kappa shape index (κ3) is 2.70. The smallest absolute Gasteiger partial charge is 0.252 e. The van der Waals surface area contributed by atoms with Crippen molar-refractivity contribution in [3.63, 3.8) is 0 Å². The highest BCUT2D eigenvalue weighted by molar-refractivity contribution is 5.98. The maximum atomic E-state index is 11.3. The second-order valence-corrected chi connectivity index (χ2v) is 4.51. The van der Waals surface area contributed by atoms with Crippen LogP contribution in [-0.2, 0) is 4.74 Å². The van der Waals surface area contributed by atoms with Crippen LogP contribution < -0.4 is 16.8 Å². The number of hydrogen-bond donors (Lipinski definition) is 3. The number of nitrogens with zero attached hydrogens (tertiary/aromatic N) is 1. The van der Waals surface area contributed by atoms with Crippen molar-refractivity contribution < 1.29 is 9.53 Å². The van der Waals surface area contributed by atoms with E-state index in [0.29, 0.717) is 17.1 Å². The van der Waals surface area contributed by atoms with E-state index in [1.165, 1.54) is 12.3 Å². The fraction of sp³-hybridized carbons (Fsp3) is 0.500. The minimum atomic E-state index is -0.545. The lowest BCUT2D eigenvalue weighted by Gasteiger charge is -2.21. The van der Waals surface area contributed by atoms with E-state index in [4.69, 9.17) is 16.2 Å². The van der Waals surface area contributed by atoms with Gasteiger partial charge < -0.3 is 21.5 Å². The quantitative estimate of drug-likeness (QED) is 0.731. The molecule has 1 aromatic heterocycles. The summed E-state index contributed by atoms with van der Waals surface area (Å²) in [5, 5.41) is 3.17. The SMILES string of the molecule is CC(Nc1ncc(N)cc1C(N)=O)C1CCCO1. The van der Waals surface area contributed by atoms with Gasteiger partial charge in [-0.15, -0.1) is 0 Å². The maximum absolute atomic E-state index is 11.3. The second-order valence-electron chi connectivity index (χ2n) is 4.51. The standard InChI is InChI=1S/C12H18N4O2/c1-7(10-3-2-4-18-10)16-12-9(11(14)17)5-8(13)6-15-12/h5-7,10H,2-4,13H2,1H3,(H2,14,17)(H,15,16). The molecular weight excluding hydrogens is 232 g/mol. The Morgan fingerprint density at radius 1 is 1.67 bits per heavy atom. The molecule has 0 spiro atoms. The number of aromatic nitrogens is 1. The minimum Gasteiger partial charge on any atom is -0.397 e. The van der Waals surface area contributed by atoms with Crippen molar-refractivity contribution in [2.24, 2.45) is 5.73 Å². The van der Waals surface area contributed by atoms with Crippen molar-refractivity contribution in [1.82, 2.24) is 4.98 Å². The highest BCUT2D eigenvalue weighted by Crippen LogP contribution is 2.21. The molecule has 98 valence electrons. The lowest BCUT2D eigenvalue weighted by atomic mass is 10.1. The number of hydrogen-bond acceptors (Lipinski definition) is 5. The molecule has 2 atom stereocenters. The Hall–Kier alpha value is -1.82. The largest absolute Gasteiger partial charge is 0.397 e. The Kier molecular flexibility index (Phi) is 3.66. The van der Waals surface area contributed by atoms with Crippen molar-refractivity contribution in [2.75, 3.05) is 17.7 Å². The van der Waals surface area contributed by atoms with Crippen LogP contribution in [0, 0.1) is 0 Å². The summed E-state index contributed by atoms with van der Waals surface area (Å²) in [6.07, 6.45) is 3.71. The Morgan fingerprint density at radius 3 is 3.06 bits per heavy atom. The number of nitrogens with two attached hydrogens (primary N) is 2. The van der Waals surface area contributed by atoms with E-state index in [9.17, 15) is 4.79 Å². The molecule has 0 aliphatic carbocycles. The third-order valence-corrected chi connectivity index (χ3v) is 3.06. The van der Waals surface area contributed by atoms with Gasteiger partial charge in [0.1, 0.15) is 5.82 Å². The average molecular weight is 250 g/mol. The third-order valence-electron chi connectivity index (χ3n) is 3.06. The monoisotopic (exact) mass is 250 g/mol. The first-order chi connectivity index (χ1) is 8.58. The van der Waals surface area contributed by atoms with E-state index in [0.717, 1.165) is 19.4 Å². The number of nitrogens with one attached hydrogen (secondary N) is 1. The molecule has 1 aliphatic rings. The number of nitrogen functional groups attached to an aromatic ring is 1. The molecule has 1 amide bonds. The molecule has 1 aliphatic heterocycles. The summed E-state index contributed by atoms with van der Waals surface area (Å²) in [6.45, 7) is 2.79. The topological polar surface area (TPSA) is 103 Å². The number of ether oxygens (including phenoxy) is 1. The summed E-state index contributed by atoms with van der Waals surface area (Å²) in [5.41, 5.74) is 11.6. The van der Waals surface area contributed by atoms with E-state index in [-0.39, 0.29) is 12.1 Å². The Bertz CT molecular complexity index is 444. The predicted octanol–water partition coefficient (Wildman–Crippen LogP) is 0.742. The van der Waals surface area contributed by atoms with Gasteiger partial charge in [0, 0.05) is 6.61 Å². The number of carbonyl (C=O) groups excluding carboxylic acids is 1. The van der Waals surface area contributed by atoms with Crippen LogP contribution in [0.4, 0.5) is 11.5 Å². The van der Waals surface area contributed by atoms with Crippen molar-refractivity contribution in [2.45, 2.75) is 31.9 Å². The molecule has 2 heterocycles. The van der Waals surface area contributed by atoms with Crippen LogP contribution in [0.25, 0.3) is 0 Å². The van der Waals surface area contributed by atoms with Crippen LogP contribution in [0.5, 0.6) is 0 Å². The first kappa shape index (κ1) is 12.6. The number of primary amides is 1. The molecule has 2 unspecified atom stereocenters. The second kappa shape index (κ2) is 5.22. The van der Waals surface area contributed by atoms with E-state index in [2.05, 4.69) is 10.3 Å². The van der Waals surface area contributed by atoms with Gasteiger partial charge in [-0.2, -0.15) is 0 Å². The van der Waals surface area contributed by atoms with Crippen molar-refractivity contribution >= 4 is 17.4 Å². The normalized spacial score (nSPS) is 20.6. The zero-order valence-corrected chi connectivity index (χ0v) is 10.3. The fourth-order valence-corrected chi connectivity index (χ4v) is 2.09. The Balaban J connectivity index is 2.15. The molecule has 6 heteroatoms. The molecular formula is C12H18N4O2. The number of carbonyl (C=O) groups is 1. The molecule has 2 rings (SSSR count). The molecule has 0 aromatic carbocycles. The number of anilines is 2. The molecule has 18 heavy (non-hydrogen) atoms. The molecule has 0 saturated carbocycles. The van der Waals surface area contributed by atoms with Crippen LogP contribution in [0.15, 0.2) is 12.3 Å². The Labute approximate surface area is 106 Å². The van der Waals surface area contributed by atoms with Gasteiger partial charge in [0.15, 0.2) is 0 Å². The maximum Gasteiger partial charge on any atom is 0.252 e. The van der Waals surface area contributed by atoms with Crippen LogP contribution in [0.3, 0.4) is 0 Å². The summed E-state index contributed by atoms with van der Waals surface area (Å²) >= 11 is 0. The summed E-state index contributed by atoms with van der Waals surface area (Å²) in [7, 11) is 0. The van der Waals surface area contributed by atoms with Crippen molar-refractivity contribution in [3.8, 4) is 0 Å². The van der Waals surface area contributed by atoms with Gasteiger partial charge in [0.2, 0.25) is 0 Å². The van der Waals surface area contributed by atoms with Gasteiger partial charge >= 0.3 is 0 Å².